The highest BCUT2D eigenvalue weighted by Crippen LogP contribution is 2.39. The molecule has 7 nitrogen and oxygen atoms in total. The fourth-order valence-electron chi connectivity index (χ4n) is 5.28. The average molecular weight is 629 g/mol. The van der Waals surface area contributed by atoms with Gasteiger partial charge in [0.15, 0.2) is 21.4 Å². The SMILES string of the molecule is CS(=O)(=O)c1cccc(CC(=O)Cc2ccc(Oc3ccnc4cc(-c5ccc(C(=O)N6CCCC6)cc5)sc34)c(F)c2)c1. The minimum Gasteiger partial charge on any atom is -0.453 e. The molecule has 2 aromatic heterocycles. The van der Waals surface area contributed by atoms with Gasteiger partial charge in [-0.15, -0.1) is 11.3 Å². The Morgan fingerprint density at radius 2 is 1.64 bits per heavy atom. The predicted octanol–water partition coefficient (Wildman–Crippen LogP) is 6.89. The number of ketones is 1. The lowest BCUT2D eigenvalue weighted by Gasteiger charge is -2.15. The van der Waals surface area contributed by atoms with E-state index < -0.39 is 15.7 Å². The van der Waals surface area contributed by atoms with Gasteiger partial charge in [0.1, 0.15) is 11.5 Å². The van der Waals surface area contributed by atoms with E-state index in [-0.39, 0.29) is 35.2 Å². The van der Waals surface area contributed by atoms with Crippen LogP contribution in [0.3, 0.4) is 0 Å². The number of amides is 1. The Kier molecular flexibility index (Phi) is 8.29. The van der Waals surface area contributed by atoms with Gasteiger partial charge in [0, 0.05) is 54.9 Å². The van der Waals surface area contributed by atoms with Gasteiger partial charge in [0.05, 0.1) is 15.1 Å². The van der Waals surface area contributed by atoms with Crippen molar-refractivity contribution in [2.24, 2.45) is 0 Å². The number of nitrogens with zero attached hydrogens (tertiary/aromatic N) is 2. The molecule has 1 amide bonds. The number of sulfone groups is 1. The lowest BCUT2D eigenvalue weighted by molar-refractivity contribution is -0.117. The van der Waals surface area contributed by atoms with Crippen LogP contribution < -0.4 is 4.74 Å². The number of rotatable bonds is 9. The van der Waals surface area contributed by atoms with Crippen molar-refractivity contribution in [3.63, 3.8) is 0 Å². The second kappa shape index (κ2) is 12.3. The maximum absolute atomic E-state index is 15.1. The van der Waals surface area contributed by atoms with E-state index in [0.29, 0.717) is 28.0 Å². The normalized spacial score (nSPS) is 13.4. The van der Waals surface area contributed by atoms with Crippen LogP contribution in [0.25, 0.3) is 20.7 Å². The number of hydrogen-bond acceptors (Lipinski definition) is 7. The van der Waals surface area contributed by atoms with Crippen molar-refractivity contribution >= 4 is 43.1 Å². The zero-order chi connectivity index (χ0) is 30.8. The van der Waals surface area contributed by atoms with Crippen LogP contribution in [-0.4, -0.2) is 49.3 Å². The summed E-state index contributed by atoms with van der Waals surface area (Å²) in [4.78, 5) is 32.8. The lowest BCUT2D eigenvalue weighted by atomic mass is 10.0. The first-order valence-corrected chi connectivity index (χ1v) is 16.9. The molecule has 224 valence electrons. The molecular formula is C34H29FN2O5S2. The number of hydrogen-bond donors (Lipinski definition) is 0. The molecule has 1 aliphatic rings. The van der Waals surface area contributed by atoms with Crippen LogP contribution in [0, 0.1) is 5.82 Å². The van der Waals surface area contributed by atoms with Gasteiger partial charge < -0.3 is 9.64 Å². The van der Waals surface area contributed by atoms with Crippen molar-refractivity contribution in [2.45, 2.75) is 30.6 Å². The molecule has 3 aromatic carbocycles. The third kappa shape index (κ3) is 6.56. The largest absolute Gasteiger partial charge is 0.453 e. The fraction of sp³-hybridized carbons (Fsp3) is 0.206. The van der Waals surface area contributed by atoms with E-state index in [1.54, 1.807) is 30.5 Å². The molecule has 0 spiro atoms. The molecule has 0 bridgehead atoms. The number of thiophene rings is 1. The number of pyridine rings is 1. The lowest BCUT2D eigenvalue weighted by Crippen LogP contribution is -2.27. The van der Waals surface area contributed by atoms with Crippen LogP contribution >= 0.6 is 11.3 Å². The second-order valence-electron chi connectivity index (χ2n) is 10.9. The number of likely N-dealkylation sites (tertiary alicyclic amines) is 1. The maximum Gasteiger partial charge on any atom is 0.253 e. The molecule has 5 aromatic rings. The van der Waals surface area contributed by atoms with Crippen LogP contribution in [-0.2, 0) is 27.5 Å². The number of carbonyl (C=O) groups excluding carboxylic acids is 2. The molecule has 6 rings (SSSR count). The molecule has 0 saturated carbocycles. The number of benzene rings is 3. The first-order valence-electron chi connectivity index (χ1n) is 14.2. The maximum atomic E-state index is 15.1. The van der Waals surface area contributed by atoms with E-state index in [4.69, 9.17) is 4.74 Å². The molecule has 1 saturated heterocycles. The number of Topliss-reactive ketones (excluding diaryl/α,β-unsaturated/α-hetero) is 1. The number of halogens is 1. The highest BCUT2D eigenvalue weighted by atomic mass is 32.2. The average Bonchev–Trinajstić information content (AvgIpc) is 3.69. The Balaban J connectivity index is 1.15. The zero-order valence-electron chi connectivity index (χ0n) is 24.0. The van der Waals surface area contributed by atoms with Gasteiger partial charge in [-0.05, 0) is 72.0 Å². The highest BCUT2D eigenvalue weighted by Gasteiger charge is 2.20. The van der Waals surface area contributed by atoms with E-state index >= 15 is 4.39 Å². The molecule has 0 unspecified atom stereocenters. The minimum atomic E-state index is -3.38. The van der Waals surface area contributed by atoms with Crippen molar-refractivity contribution in [2.75, 3.05) is 19.3 Å². The number of fused-ring (bicyclic) bond motifs is 1. The van der Waals surface area contributed by atoms with Crippen molar-refractivity contribution < 1.29 is 27.1 Å². The summed E-state index contributed by atoms with van der Waals surface area (Å²) < 4.78 is 45.5. The van der Waals surface area contributed by atoms with Gasteiger partial charge in [-0.1, -0.05) is 30.3 Å². The van der Waals surface area contributed by atoms with E-state index in [0.717, 1.165) is 47.3 Å². The summed E-state index contributed by atoms with van der Waals surface area (Å²) in [5.41, 5.74) is 3.40. The summed E-state index contributed by atoms with van der Waals surface area (Å²) in [6.07, 6.45) is 4.85. The van der Waals surface area contributed by atoms with Gasteiger partial charge in [-0.2, -0.15) is 0 Å². The fourth-order valence-corrected chi connectivity index (χ4v) is 7.04. The van der Waals surface area contributed by atoms with Crippen LogP contribution in [0.4, 0.5) is 4.39 Å². The van der Waals surface area contributed by atoms with E-state index in [9.17, 15) is 18.0 Å². The summed E-state index contributed by atoms with van der Waals surface area (Å²) in [6.45, 7) is 1.60. The quantitative estimate of drug-likeness (QED) is 0.177. The predicted molar refractivity (Wildman–Crippen MR) is 169 cm³/mol. The van der Waals surface area contributed by atoms with Crippen molar-refractivity contribution in [3.05, 3.63) is 108 Å². The Morgan fingerprint density at radius 3 is 2.34 bits per heavy atom. The summed E-state index contributed by atoms with van der Waals surface area (Å²) in [7, 11) is -3.38. The third-order valence-electron chi connectivity index (χ3n) is 7.53. The Hall–Kier alpha value is -4.41. The Labute approximate surface area is 258 Å². The molecule has 0 aliphatic carbocycles. The highest BCUT2D eigenvalue weighted by molar-refractivity contribution is 7.90. The van der Waals surface area contributed by atoms with Gasteiger partial charge in [0.25, 0.3) is 5.91 Å². The zero-order valence-corrected chi connectivity index (χ0v) is 25.6. The molecule has 0 atom stereocenters. The van der Waals surface area contributed by atoms with Gasteiger partial charge in [-0.3, -0.25) is 14.6 Å². The monoisotopic (exact) mass is 628 g/mol. The molecule has 1 fully saturated rings. The van der Waals surface area contributed by atoms with Crippen molar-refractivity contribution in [1.82, 2.24) is 9.88 Å². The first kappa shape index (κ1) is 29.7. The van der Waals surface area contributed by atoms with Crippen molar-refractivity contribution in [3.8, 4) is 21.9 Å². The number of aromatic nitrogens is 1. The first-order chi connectivity index (χ1) is 21.1. The van der Waals surface area contributed by atoms with Crippen LogP contribution in [0.5, 0.6) is 11.5 Å². The molecule has 44 heavy (non-hydrogen) atoms. The van der Waals surface area contributed by atoms with Crippen LogP contribution in [0.1, 0.15) is 34.3 Å². The van der Waals surface area contributed by atoms with Gasteiger partial charge in [-0.25, -0.2) is 12.8 Å². The summed E-state index contributed by atoms with van der Waals surface area (Å²) in [6, 6.07) is 21.9. The minimum absolute atomic E-state index is 0.00346. The molecule has 1 aliphatic heterocycles. The van der Waals surface area contributed by atoms with Crippen LogP contribution in [0.2, 0.25) is 0 Å². The van der Waals surface area contributed by atoms with E-state index in [1.807, 2.05) is 35.2 Å². The third-order valence-corrected chi connectivity index (χ3v) is 9.83. The van der Waals surface area contributed by atoms with Crippen LogP contribution in [0.15, 0.2) is 90.0 Å². The summed E-state index contributed by atoms with van der Waals surface area (Å²) in [5.74, 6) is -0.233. The number of carbonyl (C=O) groups is 2. The molecule has 0 radical (unpaired) electrons. The van der Waals surface area contributed by atoms with Gasteiger partial charge in [0.2, 0.25) is 0 Å². The summed E-state index contributed by atoms with van der Waals surface area (Å²) >= 11 is 1.47. The Bertz CT molecular complexity index is 1980. The topological polar surface area (TPSA) is 93.6 Å². The van der Waals surface area contributed by atoms with E-state index in [1.165, 1.54) is 35.6 Å². The smallest absolute Gasteiger partial charge is 0.253 e. The van der Waals surface area contributed by atoms with Crippen molar-refractivity contribution in [1.29, 1.82) is 0 Å². The molecule has 0 N–H and O–H groups in total. The molecule has 10 heteroatoms. The van der Waals surface area contributed by atoms with E-state index in [2.05, 4.69) is 4.98 Å². The molecule has 3 heterocycles. The standard InChI is InChI=1S/C34H29FN2O5S2/c1-44(40,41)27-6-4-5-22(19-27)17-26(38)18-23-7-12-30(28(35)20-23)42-31-13-14-36-29-21-32(43-33(29)31)24-8-10-25(11-9-24)34(39)37-15-2-3-16-37/h4-14,19-21H,2-3,15-18H2,1H3. The molecular weight excluding hydrogens is 600 g/mol. The Morgan fingerprint density at radius 1 is 0.909 bits per heavy atom. The number of ether oxygens (including phenoxy) is 1. The van der Waals surface area contributed by atoms with Gasteiger partial charge >= 0.3 is 0 Å². The summed E-state index contributed by atoms with van der Waals surface area (Å²) in [5, 5.41) is 0. The second-order valence-corrected chi connectivity index (χ2v) is 14.0.